The molecule has 2 rings (SSSR count). The summed E-state index contributed by atoms with van der Waals surface area (Å²) in [6, 6.07) is 6.85. The zero-order chi connectivity index (χ0) is 18.6. The molecule has 1 aliphatic rings. The number of amides is 3. The molecule has 6 nitrogen and oxygen atoms in total. The van der Waals surface area contributed by atoms with E-state index in [-0.39, 0.29) is 30.1 Å². The van der Waals surface area contributed by atoms with Gasteiger partial charge in [0.1, 0.15) is 6.04 Å². The Bertz CT molecular complexity index is 663. The molecule has 0 aromatic heterocycles. The lowest BCUT2D eigenvalue weighted by Gasteiger charge is -2.21. The smallest absolute Gasteiger partial charge is 0.242 e. The zero-order valence-corrected chi connectivity index (χ0v) is 16.3. The summed E-state index contributed by atoms with van der Waals surface area (Å²) >= 11 is 3.39. The van der Waals surface area contributed by atoms with E-state index in [0.717, 1.165) is 10.2 Å². The first-order chi connectivity index (χ1) is 11.8. The van der Waals surface area contributed by atoms with E-state index in [9.17, 15) is 14.4 Å². The fourth-order valence-electron chi connectivity index (χ4n) is 2.94. The summed E-state index contributed by atoms with van der Waals surface area (Å²) in [7, 11) is 1.55. The van der Waals surface area contributed by atoms with Crippen molar-refractivity contribution in [3.8, 4) is 0 Å². The van der Waals surface area contributed by atoms with Crippen molar-refractivity contribution in [3.05, 3.63) is 28.7 Å². The quantitative estimate of drug-likeness (QED) is 0.754. The predicted molar refractivity (Wildman–Crippen MR) is 100 cm³/mol. The minimum Gasteiger partial charge on any atom is -0.357 e. The number of benzene rings is 1. The van der Waals surface area contributed by atoms with Crippen LogP contribution in [0.2, 0.25) is 0 Å². The minimum atomic E-state index is -0.576. The standard InChI is InChI=1S/C18H24BrN3O3/c1-11(2)7-15(18(25)20-3)21-17(24)12-8-16(23)22(10-12)14-6-4-5-13(19)9-14/h4-6,9,11-12,15H,7-8,10H2,1-3H3,(H,20,25)(H,21,24). The van der Waals surface area contributed by atoms with Crippen LogP contribution in [0.15, 0.2) is 28.7 Å². The maximum atomic E-state index is 12.6. The van der Waals surface area contributed by atoms with Crippen molar-refractivity contribution in [3.63, 3.8) is 0 Å². The molecule has 25 heavy (non-hydrogen) atoms. The summed E-state index contributed by atoms with van der Waals surface area (Å²) in [4.78, 5) is 38.5. The molecule has 0 spiro atoms. The van der Waals surface area contributed by atoms with Crippen molar-refractivity contribution in [2.24, 2.45) is 11.8 Å². The van der Waals surface area contributed by atoms with Gasteiger partial charge in [0.05, 0.1) is 5.92 Å². The van der Waals surface area contributed by atoms with Gasteiger partial charge in [0.25, 0.3) is 0 Å². The third-order valence-electron chi connectivity index (χ3n) is 4.20. The number of hydrogen-bond donors (Lipinski definition) is 2. The monoisotopic (exact) mass is 409 g/mol. The zero-order valence-electron chi connectivity index (χ0n) is 14.7. The third-order valence-corrected chi connectivity index (χ3v) is 4.70. The van der Waals surface area contributed by atoms with Gasteiger partial charge >= 0.3 is 0 Å². The van der Waals surface area contributed by atoms with E-state index in [1.807, 2.05) is 38.1 Å². The highest BCUT2D eigenvalue weighted by atomic mass is 79.9. The van der Waals surface area contributed by atoms with Crippen molar-refractivity contribution in [1.29, 1.82) is 0 Å². The second kappa shape index (κ2) is 8.47. The minimum absolute atomic E-state index is 0.0846. The predicted octanol–water partition coefficient (Wildman–Crippen LogP) is 2.08. The maximum absolute atomic E-state index is 12.6. The van der Waals surface area contributed by atoms with Crippen LogP contribution in [0, 0.1) is 11.8 Å². The summed E-state index contributed by atoms with van der Waals surface area (Å²) in [6.07, 6.45) is 0.710. The molecule has 1 aromatic carbocycles. The average Bonchev–Trinajstić information content (AvgIpc) is 2.95. The Balaban J connectivity index is 2.05. The molecule has 3 amide bonds. The molecule has 1 heterocycles. The number of halogens is 1. The fraction of sp³-hybridized carbons (Fsp3) is 0.500. The van der Waals surface area contributed by atoms with E-state index < -0.39 is 12.0 Å². The molecule has 1 saturated heterocycles. The molecule has 2 unspecified atom stereocenters. The van der Waals surface area contributed by atoms with E-state index in [4.69, 9.17) is 0 Å². The Labute approximate surface area is 156 Å². The van der Waals surface area contributed by atoms with Gasteiger partial charge < -0.3 is 15.5 Å². The number of rotatable bonds is 6. The van der Waals surface area contributed by atoms with Crippen LogP contribution in [0.5, 0.6) is 0 Å². The topological polar surface area (TPSA) is 78.5 Å². The van der Waals surface area contributed by atoms with Crippen molar-refractivity contribution < 1.29 is 14.4 Å². The number of carbonyl (C=O) groups excluding carboxylic acids is 3. The number of nitrogens with zero attached hydrogens (tertiary/aromatic N) is 1. The lowest BCUT2D eigenvalue weighted by molar-refractivity contribution is -0.131. The highest BCUT2D eigenvalue weighted by Gasteiger charge is 2.36. The number of nitrogens with one attached hydrogen (secondary N) is 2. The molecular formula is C18H24BrN3O3. The molecule has 1 aromatic rings. The van der Waals surface area contributed by atoms with Crippen molar-refractivity contribution in [2.75, 3.05) is 18.5 Å². The van der Waals surface area contributed by atoms with Crippen LogP contribution in [0.3, 0.4) is 0 Å². The number of hydrogen-bond acceptors (Lipinski definition) is 3. The normalized spacial score (nSPS) is 18.4. The van der Waals surface area contributed by atoms with Gasteiger partial charge in [-0.05, 0) is 30.5 Å². The van der Waals surface area contributed by atoms with Crippen LogP contribution in [0.4, 0.5) is 5.69 Å². The lowest BCUT2D eigenvalue weighted by Crippen LogP contribution is -2.48. The van der Waals surface area contributed by atoms with E-state index in [2.05, 4.69) is 26.6 Å². The van der Waals surface area contributed by atoms with Crippen molar-refractivity contribution in [2.45, 2.75) is 32.7 Å². The summed E-state index contributed by atoms with van der Waals surface area (Å²) in [5.74, 6) is -0.731. The summed E-state index contributed by atoms with van der Waals surface area (Å²) in [5.41, 5.74) is 0.764. The largest absolute Gasteiger partial charge is 0.357 e. The van der Waals surface area contributed by atoms with Gasteiger partial charge in [-0.25, -0.2) is 0 Å². The first kappa shape index (κ1) is 19.4. The van der Waals surface area contributed by atoms with E-state index in [0.29, 0.717) is 13.0 Å². The van der Waals surface area contributed by atoms with E-state index in [1.54, 1.807) is 11.9 Å². The van der Waals surface area contributed by atoms with Gasteiger partial charge in [-0.3, -0.25) is 14.4 Å². The van der Waals surface area contributed by atoms with Gasteiger partial charge in [-0.1, -0.05) is 35.8 Å². The van der Waals surface area contributed by atoms with Gasteiger partial charge in [-0.2, -0.15) is 0 Å². The highest BCUT2D eigenvalue weighted by molar-refractivity contribution is 9.10. The van der Waals surface area contributed by atoms with Crippen molar-refractivity contribution >= 4 is 39.3 Å². The summed E-state index contributed by atoms with van der Waals surface area (Å²) < 4.78 is 0.877. The summed E-state index contributed by atoms with van der Waals surface area (Å²) in [5, 5.41) is 5.39. The molecule has 0 bridgehead atoms. The fourth-order valence-corrected chi connectivity index (χ4v) is 3.33. The van der Waals surface area contributed by atoms with Crippen molar-refractivity contribution in [1.82, 2.24) is 10.6 Å². The Kier molecular flexibility index (Phi) is 6.58. The van der Waals surface area contributed by atoms with Gasteiger partial charge in [0, 0.05) is 30.2 Å². The van der Waals surface area contributed by atoms with Gasteiger partial charge in [0.2, 0.25) is 17.7 Å². The number of carbonyl (C=O) groups is 3. The maximum Gasteiger partial charge on any atom is 0.242 e. The molecule has 7 heteroatoms. The van der Waals surface area contributed by atoms with Gasteiger partial charge in [0.15, 0.2) is 0 Å². The molecule has 0 aliphatic carbocycles. The molecule has 136 valence electrons. The van der Waals surface area contributed by atoms with Crippen LogP contribution >= 0.6 is 15.9 Å². The Morgan fingerprint density at radius 1 is 1.36 bits per heavy atom. The number of likely N-dealkylation sites (N-methyl/N-ethyl adjacent to an activating group) is 1. The third kappa shape index (κ3) is 5.04. The molecule has 2 atom stereocenters. The van der Waals surface area contributed by atoms with E-state index in [1.165, 1.54) is 0 Å². The Morgan fingerprint density at radius 2 is 2.08 bits per heavy atom. The van der Waals surface area contributed by atoms with Crippen LogP contribution < -0.4 is 15.5 Å². The SMILES string of the molecule is CNC(=O)C(CC(C)C)NC(=O)C1CC(=O)N(c2cccc(Br)c2)C1. The molecule has 2 N–H and O–H groups in total. The highest BCUT2D eigenvalue weighted by Crippen LogP contribution is 2.27. The molecule has 0 radical (unpaired) electrons. The molecule has 1 aliphatic heterocycles. The van der Waals surface area contributed by atoms with Crippen LogP contribution in [-0.4, -0.2) is 37.4 Å². The molecule has 1 fully saturated rings. The lowest BCUT2D eigenvalue weighted by atomic mass is 10.0. The van der Waals surface area contributed by atoms with Gasteiger partial charge in [-0.15, -0.1) is 0 Å². The average molecular weight is 410 g/mol. The summed E-state index contributed by atoms with van der Waals surface area (Å²) in [6.45, 7) is 4.32. The second-order valence-electron chi connectivity index (χ2n) is 6.69. The molecule has 0 saturated carbocycles. The van der Waals surface area contributed by atoms with E-state index >= 15 is 0 Å². The molecular weight excluding hydrogens is 386 g/mol. The Morgan fingerprint density at radius 3 is 2.68 bits per heavy atom. The van der Waals surface area contributed by atoms with Crippen LogP contribution in [0.25, 0.3) is 0 Å². The first-order valence-electron chi connectivity index (χ1n) is 8.39. The second-order valence-corrected chi connectivity index (χ2v) is 7.61. The Hall–Kier alpha value is -1.89. The van der Waals surface area contributed by atoms with Crippen LogP contribution in [0.1, 0.15) is 26.7 Å². The first-order valence-corrected chi connectivity index (χ1v) is 9.19. The number of anilines is 1. The van der Waals surface area contributed by atoms with Crippen LogP contribution in [-0.2, 0) is 14.4 Å².